The lowest BCUT2D eigenvalue weighted by Gasteiger charge is -2.21. The average Bonchev–Trinajstić information content (AvgIpc) is 3.28. The summed E-state index contributed by atoms with van der Waals surface area (Å²) < 4.78 is 7.55. The molecule has 4 rings (SSSR count). The third-order valence-corrected chi connectivity index (χ3v) is 5.70. The van der Waals surface area contributed by atoms with Crippen LogP contribution in [0.1, 0.15) is 16.1 Å². The molecule has 6 heteroatoms. The van der Waals surface area contributed by atoms with Crippen LogP contribution in [0.4, 0.5) is 0 Å². The lowest BCUT2D eigenvalue weighted by atomic mass is 10.00. The number of rotatable bonds is 4. The lowest BCUT2D eigenvalue weighted by molar-refractivity contribution is 0.0907. The van der Waals surface area contributed by atoms with Gasteiger partial charge in [-0.05, 0) is 34.5 Å². The molecule has 2 aromatic rings. The molecule has 0 aliphatic carbocycles. The fourth-order valence-corrected chi connectivity index (χ4v) is 4.39. The number of carbonyl (C=O) groups is 1. The SMILES string of the molecule is Cn1cccc1C(=O)N[C@@H]1CN(Cc2ccsc2)[C@@H]2COC[C@@H]21. The van der Waals surface area contributed by atoms with Gasteiger partial charge in [0.25, 0.3) is 5.91 Å². The Kier molecular flexibility index (Phi) is 3.97. The van der Waals surface area contributed by atoms with Gasteiger partial charge in [0.05, 0.1) is 13.2 Å². The predicted octanol–water partition coefficient (Wildman–Crippen LogP) is 1.72. The first-order valence-corrected chi connectivity index (χ1v) is 8.92. The molecule has 122 valence electrons. The van der Waals surface area contributed by atoms with Gasteiger partial charge in [0.2, 0.25) is 0 Å². The smallest absolute Gasteiger partial charge is 0.268 e. The van der Waals surface area contributed by atoms with E-state index >= 15 is 0 Å². The highest BCUT2D eigenvalue weighted by Crippen LogP contribution is 2.32. The minimum atomic E-state index is 0.00512. The zero-order valence-electron chi connectivity index (χ0n) is 13.1. The fourth-order valence-electron chi connectivity index (χ4n) is 3.73. The first kappa shape index (κ1) is 14.9. The third-order valence-electron chi connectivity index (χ3n) is 4.97. The van der Waals surface area contributed by atoms with Crippen molar-refractivity contribution < 1.29 is 9.53 Å². The molecule has 1 N–H and O–H groups in total. The maximum Gasteiger partial charge on any atom is 0.268 e. The van der Waals surface area contributed by atoms with Gasteiger partial charge < -0.3 is 14.6 Å². The maximum atomic E-state index is 12.5. The van der Waals surface area contributed by atoms with Crippen molar-refractivity contribution in [3.8, 4) is 0 Å². The van der Waals surface area contributed by atoms with E-state index in [9.17, 15) is 4.79 Å². The minimum absolute atomic E-state index is 0.00512. The predicted molar refractivity (Wildman–Crippen MR) is 89.5 cm³/mol. The molecule has 0 aromatic carbocycles. The Labute approximate surface area is 139 Å². The molecule has 2 aromatic heterocycles. The average molecular weight is 331 g/mol. The van der Waals surface area contributed by atoms with Crippen molar-refractivity contribution in [2.24, 2.45) is 13.0 Å². The summed E-state index contributed by atoms with van der Waals surface area (Å²) in [5, 5.41) is 7.53. The molecule has 0 saturated carbocycles. The van der Waals surface area contributed by atoms with Gasteiger partial charge in [0.1, 0.15) is 5.69 Å². The van der Waals surface area contributed by atoms with Gasteiger partial charge in [-0.2, -0.15) is 11.3 Å². The van der Waals surface area contributed by atoms with Gasteiger partial charge in [-0.1, -0.05) is 0 Å². The number of hydrogen-bond donors (Lipinski definition) is 1. The highest BCUT2D eigenvalue weighted by Gasteiger charge is 2.45. The standard InChI is InChI=1S/C17H21N3O2S/c1-19-5-2-3-15(19)17(21)18-14-8-20(7-12-4-6-23-11-12)16-10-22-9-13(14)16/h2-6,11,13-14,16H,7-10H2,1H3,(H,18,21)/t13-,14-,16-/m1/s1. The Morgan fingerprint density at radius 1 is 1.43 bits per heavy atom. The molecule has 23 heavy (non-hydrogen) atoms. The summed E-state index contributed by atoms with van der Waals surface area (Å²) in [6, 6.07) is 6.49. The van der Waals surface area contributed by atoms with Crippen molar-refractivity contribution in [1.29, 1.82) is 0 Å². The molecule has 2 aliphatic rings. The minimum Gasteiger partial charge on any atom is -0.379 e. The van der Waals surface area contributed by atoms with Gasteiger partial charge in [-0.25, -0.2) is 0 Å². The second kappa shape index (κ2) is 6.11. The normalized spacial score (nSPS) is 27.3. The van der Waals surface area contributed by atoms with Crippen molar-refractivity contribution in [3.63, 3.8) is 0 Å². The topological polar surface area (TPSA) is 46.5 Å². The summed E-state index contributed by atoms with van der Waals surface area (Å²) in [5.41, 5.74) is 2.05. The van der Waals surface area contributed by atoms with E-state index in [2.05, 4.69) is 27.0 Å². The number of aromatic nitrogens is 1. The zero-order chi connectivity index (χ0) is 15.8. The van der Waals surface area contributed by atoms with E-state index in [1.165, 1.54) is 5.56 Å². The largest absolute Gasteiger partial charge is 0.379 e. The van der Waals surface area contributed by atoms with Crippen LogP contribution in [0.2, 0.25) is 0 Å². The van der Waals surface area contributed by atoms with Crippen molar-refractivity contribution >= 4 is 17.2 Å². The summed E-state index contributed by atoms with van der Waals surface area (Å²) >= 11 is 1.73. The molecular formula is C17H21N3O2S. The van der Waals surface area contributed by atoms with Crippen LogP contribution < -0.4 is 5.32 Å². The highest BCUT2D eigenvalue weighted by molar-refractivity contribution is 7.07. The molecule has 0 unspecified atom stereocenters. The van der Waals surface area contributed by atoms with E-state index in [1.807, 2.05) is 29.9 Å². The van der Waals surface area contributed by atoms with Crippen molar-refractivity contribution in [2.75, 3.05) is 19.8 Å². The Hall–Kier alpha value is -1.63. The number of nitrogens with one attached hydrogen (secondary N) is 1. The molecule has 0 radical (unpaired) electrons. The van der Waals surface area contributed by atoms with Crippen LogP contribution in [-0.2, 0) is 18.3 Å². The van der Waals surface area contributed by atoms with E-state index in [0.29, 0.717) is 17.7 Å². The van der Waals surface area contributed by atoms with Crippen LogP contribution in [0.15, 0.2) is 35.2 Å². The lowest BCUT2D eigenvalue weighted by Crippen LogP contribution is -2.42. The summed E-state index contributed by atoms with van der Waals surface area (Å²) in [6.07, 6.45) is 1.90. The van der Waals surface area contributed by atoms with Gasteiger partial charge >= 0.3 is 0 Å². The summed E-state index contributed by atoms with van der Waals surface area (Å²) in [4.78, 5) is 15.0. The number of nitrogens with zero attached hydrogens (tertiary/aromatic N) is 2. The number of hydrogen-bond acceptors (Lipinski definition) is 4. The molecule has 0 bridgehead atoms. The number of thiophene rings is 1. The summed E-state index contributed by atoms with van der Waals surface area (Å²) in [7, 11) is 1.90. The molecular weight excluding hydrogens is 310 g/mol. The first-order chi connectivity index (χ1) is 11.2. The number of fused-ring (bicyclic) bond motifs is 1. The van der Waals surface area contributed by atoms with Gasteiger partial charge in [-0.15, -0.1) is 0 Å². The third kappa shape index (κ3) is 2.82. The highest BCUT2D eigenvalue weighted by atomic mass is 32.1. The van der Waals surface area contributed by atoms with Crippen LogP contribution in [-0.4, -0.2) is 47.2 Å². The molecule has 0 spiro atoms. The van der Waals surface area contributed by atoms with E-state index in [0.717, 1.165) is 26.3 Å². The van der Waals surface area contributed by atoms with Crippen LogP contribution >= 0.6 is 11.3 Å². The van der Waals surface area contributed by atoms with Gasteiger partial charge in [-0.3, -0.25) is 9.69 Å². The van der Waals surface area contributed by atoms with Crippen LogP contribution in [0.25, 0.3) is 0 Å². The number of amides is 1. The Morgan fingerprint density at radius 2 is 2.35 bits per heavy atom. The van der Waals surface area contributed by atoms with Crippen LogP contribution in [0.5, 0.6) is 0 Å². The van der Waals surface area contributed by atoms with Crippen molar-refractivity contribution in [2.45, 2.75) is 18.6 Å². The molecule has 4 heterocycles. The van der Waals surface area contributed by atoms with Gasteiger partial charge in [0, 0.05) is 44.3 Å². The van der Waals surface area contributed by atoms with Crippen LogP contribution in [0.3, 0.4) is 0 Å². The Bertz CT molecular complexity index is 682. The maximum absolute atomic E-state index is 12.5. The second-order valence-corrected chi connectivity index (χ2v) is 7.19. The first-order valence-electron chi connectivity index (χ1n) is 7.97. The number of ether oxygens (including phenoxy) is 1. The fraction of sp³-hybridized carbons (Fsp3) is 0.471. The molecule has 2 aliphatic heterocycles. The number of aryl methyl sites for hydroxylation is 1. The molecule has 1 amide bonds. The Morgan fingerprint density at radius 3 is 3.09 bits per heavy atom. The summed E-state index contributed by atoms with van der Waals surface area (Å²) in [5.74, 6) is 0.392. The number of carbonyl (C=O) groups excluding carboxylic acids is 1. The van der Waals surface area contributed by atoms with Crippen molar-refractivity contribution in [3.05, 3.63) is 46.4 Å². The van der Waals surface area contributed by atoms with E-state index in [-0.39, 0.29) is 11.9 Å². The van der Waals surface area contributed by atoms with Crippen LogP contribution in [0, 0.1) is 5.92 Å². The zero-order valence-corrected chi connectivity index (χ0v) is 14.0. The summed E-state index contributed by atoms with van der Waals surface area (Å²) in [6.45, 7) is 3.34. The Balaban J connectivity index is 1.46. The van der Waals surface area contributed by atoms with Crippen molar-refractivity contribution in [1.82, 2.24) is 14.8 Å². The quantitative estimate of drug-likeness (QED) is 0.928. The number of likely N-dealkylation sites (tertiary alicyclic amines) is 1. The molecule has 2 saturated heterocycles. The van der Waals surface area contributed by atoms with E-state index < -0.39 is 0 Å². The monoisotopic (exact) mass is 331 g/mol. The molecule has 3 atom stereocenters. The molecule has 5 nitrogen and oxygen atoms in total. The molecule has 2 fully saturated rings. The van der Waals surface area contributed by atoms with E-state index in [1.54, 1.807) is 11.3 Å². The second-order valence-electron chi connectivity index (χ2n) is 6.41. The van der Waals surface area contributed by atoms with Gasteiger partial charge in [0.15, 0.2) is 0 Å². The van der Waals surface area contributed by atoms with E-state index in [4.69, 9.17) is 4.74 Å².